The Hall–Kier alpha value is -1.42. The number of likely N-dealkylation sites (tertiary alicyclic amines) is 1. The lowest BCUT2D eigenvalue weighted by Gasteiger charge is -2.32. The van der Waals surface area contributed by atoms with Gasteiger partial charge in [-0.25, -0.2) is 0 Å². The normalized spacial score (nSPS) is 15.4. The average molecular weight is 520 g/mol. The van der Waals surface area contributed by atoms with Crippen molar-refractivity contribution in [2.45, 2.75) is 45.7 Å². The SMILES string of the molecule is CCCN1CCC(NC(=NC)NCc2cc(OC)c(OCC)c(OC)c2)CC1.I. The van der Waals surface area contributed by atoms with E-state index in [0.717, 1.165) is 37.5 Å². The van der Waals surface area contributed by atoms with Crippen molar-refractivity contribution in [1.82, 2.24) is 15.5 Å². The number of piperidine rings is 1. The molecule has 0 atom stereocenters. The summed E-state index contributed by atoms with van der Waals surface area (Å²) in [4.78, 5) is 6.91. The van der Waals surface area contributed by atoms with E-state index in [0.29, 0.717) is 36.4 Å². The van der Waals surface area contributed by atoms with Gasteiger partial charge in [0.2, 0.25) is 5.75 Å². The molecule has 1 fully saturated rings. The van der Waals surface area contributed by atoms with Crippen molar-refractivity contribution in [3.05, 3.63) is 17.7 Å². The second kappa shape index (κ2) is 13.7. The van der Waals surface area contributed by atoms with Gasteiger partial charge in [0.05, 0.1) is 20.8 Å². The predicted molar refractivity (Wildman–Crippen MR) is 129 cm³/mol. The van der Waals surface area contributed by atoms with E-state index >= 15 is 0 Å². The van der Waals surface area contributed by atoms with Crippen molar-refractivity contribution in [2.75, 3.05) is 47.5 Å². The van der Waals surface area contributed by atoms with Crippen LogP contribution in [0.25, 0.3) is 0 Å². The van der Waals surface area contributed by atoms with E-state index < -0.39 is 0 Å². The number of benzene rings is 1. The molecule has 0 aromatic heterocycles. The topological polar surface area (TPSA) is 67.4 Å². The van der Waals surface area contributed by atoms with E-state index in [1.165, 1.54) is 13.0 Å². The second-order valence-electron chi connectivity index (χ2n) is 6.95. The minimum Gasteiger partial charge on any atom is -0.493 e. The molecule has 8 heteroatoms. The lowest BCUT2D eigenvalue weighted by Crippen LogP contribution is -2.48. The summed E-state index contributed by atoms with van der Waals surface area (Å²) in [5, 5.41) is 6.95. The summed E-state index contributed by atoms with van der Waals surface area (Å²) in [7, 11) is 5.08. The van der Waals surface area contributed by atoms with Crippen LogP contribution >= 0.6 is 24.0 Å². The van der Waals surface area contributed by atoms with Gasteiger partial charge in [-0.15, -0.1) is 24.0 Å². The van der Waals surface area contributed by atoms with Crippen LogP contribution in [0, 0.1) is 0 Å². The number of halogens is 1. The summed E-state index contributed by atoms with van der Waals surface area (Å²) in [6.45, 7) is 8.84. The van der Waals surface area contributed by atoms with Crippen LogP contribution < -0.4 is 24.8 Å². The quantitative estimate of drug-likeness (QED) is 0.296. The van der Waals surface area contributed by atoms with Gasteiger partial charge >= 0.3 is 0 Å². The summed E-state index contributed by atoms with van der Waals surface area (Å²) in [6.07, 6.45) is 3.51. The van der Waals surface area contributed by atoms with Crippen LogP contribution in [0.15, 0.2) is 17.1 Å². The van der Waals surface area contributed by atoms with Crippen LogP contribution in [0.5, 0.6) is 17.2 Å². The fourth-order valence-corrected chi connectivity index (χ4v) is 3.51. The molecular weight excluding hydrogens is 483 g/mol. The van der Waals surface area contributed by atoms with Crippen LogP contribution in [0.1, 0.15) is 38.7 Å². The van der Waals surface area contributed by atoms with E-state index in [9.17, 15) is 0 Å². The number of rotatable bonds is 9. The zero-order chi connectivity index (χ0) is 20.4. The van der Waals surface area contributed by atoms with Crippen molar-refractivity contribution in [3.8, 4) is 17.2 Å². The molecular formula is C21H37IN4O3. The smallest absolute Gasteiger partial charge is 0.203 e. The maximum Gasteiger partial charge on any atom is 0.203 e. The van der Waals surface area contributed by atoms with Crippen molar-refractivity contribution in [2.24, 2.45) is 4.99 Å². The first-order valence-electron chi connectivity index (χ1n) is 10.2. The number of guanidine groups is 1. The minimum atomic E-state index is 0. The molecule has 29 heavy (non-hydrogen) atoms. The standard InChI is InChI=1S/C21H36N4O3.HI/c1-6-10-25-11-8-17(9-12-25)24-21(22-3)23-15-16-13-18(26-4)20(28-7-2)19(14-16)27-5;/h13-14,17H,6-12,15H2,1-5H3,(H2,22,23,24);1H. The first kappa shape index (κ1) is 25.6. The zero-order valence-electron chi connectivity index (χ0n) is 18.4. The van der Waals surface area contributed by atoms with Gasteiger partial charge in [-0.3, -0.25) is 4.99 Å². The molecule has 2 N–H and O–H groups in total. The highest BCUT2D eigenvalue weighted by Crippen LogP contribution is 2.38. The third-order valence-corrected chi connectivity index (χ3v) is 4.96. The van der Waals surface area contributed by atoms with Crippen molar-refractivity contribution >= 4 is 29.9 Å². The van der Waals surface area contributed by atoms with Crippen LogP contribution in [-0.4, -0.2) is 64.4 Å². The Morgan fingerprint density at radius 1 is 1.14 bits per heavy atom. The van der Waals surface area contributed by atoms with Crippen LogP contribution in [0.2, 0.25) is 0 Å². The van der Waals surface area contributed by atoms with Gasteiger partial charge in [0.15, 0.2) is 17.5 Å². The summed E-state index contributed by atoms with van der Waals surface area (Å²) in [5.41, 5.74) is 1.04. The number of hydrogen-bond donors (Lipinski definition) is 2. The molecule has 0 amide bonds. The average Bonchev–Trinajstić information content (AvgIpc) is 2.73. The largest absolute Gasteiger partial charge is 0.493 e. The molecule has 1 aromatic carbocycles. The molecule has 1 aliphatic heterocycles. The Morgan fingerprint density at radius 2 is 1.76 bits per heavy atom. The van der Waals surface area contributed by atoms with Gasteiger partial charge in [-0.1, -0.05) is 6.92 Å². The molecule has 166 valence electrons. The van der Waals surface area contributed by atoms with Crippen molar-refractivity contribution < 1.29 is 14.2 Å². The minimum absolute atomic E-state index is 0. The molecule has 1 heterocycles. The highest BCUT2D eigenvalue weighted by Gasteiger charge is 2.19. The van der Waals surface area contributed by atoms with Gasteiger partial charge in [0.1, 0.15) is 0 Å². The van der Waals surface area contributed by atoms with Crippen LogP contribution in [0.4, 0.5) is 0 Å². The Bertz CT molecular complexity index is 609. The zero-order valence-corrected chi connectivity index (χ0v) is 20.7. The maximum atomic E-state index is 5.67. The number of nitrogens with zero attached hydrogens (tertiary/aromatic N) is 2. The maximum absolute atomic E-state index is 5.67. The third kappa shape index (κ3) is 7.73. The summed E-state index contributed by atoms with van der Waals surface area (Å²) in [5.74, 6) is 2.80. The molecule has 0 radical (unpaired) electrons. The van der Waals surface area contributed by atoms with E-state index in [2.05, 4.69) is 27.4 Å². The first-order chi connectivity index (χ1) is 13.6. The van der Waals surface area contributed by atoms with Gasteiger partial charge in [-0.05, 0) is 50.4 Å². The monoisotopic (exact) mass is 520 g/mol. The van der Waals surface area contributed by atoms with Crippen molar-refractivity contribution in [3.63, 3.8) is 0 Å². The Kier molecular flexibility index (Phi) is 12.1. The number of methoxy groups -OCH3 is 2. The summed E-state index contributed by atoms with van der Waals surface area (Å²) < 4.78 is 16.6. The van der Waals surface area contributed by atoms with Crippen LogP contribution in [-0.2, 0) is 6.54 Å². The second-order valence-corrected chi connectivity index (χ2v) is 6.95. The fourth-order valence-electron chi connectivity index (χ4n) is 3.51. The molecule has 0 spiro atoms. The van der Waals surface area contributed by atoms with E-state index in [1.54, 1.807) is 21.3 Å². The molecule has 7 nitrogen and oxygen atoms in total. The molecule has 0 saturated carbocycles. The Balaban J connectivity index is 0.00000420. The molecule has 1 saturated heterocycles. The lowest BCUT2D eigenvalue weighted by molar-refractivity contribution is 0.206. The van der Waals surface area contributed by atoms with E-state index in [4.69, 9.17) is 14.2 Å². The molecule has 1 aliphatic rings. The predicted octanol–water partition coefficient (Wildman–Crippen LogP) is 3.26. The van der Waals surface area contributed by atoms with Gasteiger partial charge < -0.3 is 29.7 Å². The number of aliphatic imine (C=N–C) groups is 1. The van der Waals surface area contributed by atoms with Gasteiger partial charge in [0, 0.05) is 32.7 Å². The number of ether oxygens (including phenoxy) is 3. The summed E-state index contributed by atoms with van der Waals surface area (Å²) >= 11 is 0. The highest BCUT2D eigenvalue weighted by atomic mass is 127. The van der Waals surface area contributed by atoms with E-state index in [1.807, 2.05) is 19.1 Å². The molecule has 2 rings (SSSR count). The number of hydrogen-bond acceptors (Lipinski definition) is 5. The molecule has 0 unspecified atom stereocenters. The molecule has 0 bridgehead atoms. The third-order valence-electron chi connectivity index (χ3n) is 4.96. The van der Waals surface area contributed by atoms with Gasteiger partial charge in [0.25, 0.3) is 0 Å². The molecule has 0 aliphatic carbocycles. The Labute approximate surface area is 192 Å². The number of nitrogens with one attached hydrogen (secondary N) is 2. The highest BCUT2D eigenvalue weighted by molar-refractivity contribution is 14.0. The van der Waals surface area contributed by atoms with E-state index in [-0.39, 0.29) is 24.0 Å². The molecule has 1 aromatic rings. The van der Waals surface area contributed by atoms with Gasteiger partial charge in [-0.2, -0.15) is 0 Å². The first-order valence-corrected chi connectivity index (χ1v) is 10.2. The summed E-state index contributed by atoms with van der Waals surface area (Å²) in [6, 6.07) is 4.40. The fraction of sp³-hybridized carbons (Fsp3) is 0.667. The lowest BCUT2D eigenvalue weighted by atomic mass is 10.1. The van der Waals surface area contributed by atoms with Crippen molar-refractivity contribution in [1.29, 1.82) is 0 Å². The Morgan fingerprint density at radius 3 is 2.24 bits per heavy atom. The van der Waals surface area contributed by atoms with Crippen LogP contribution in [0.3, 0.4) is 0 Å².